The molecular weight excluding hydrogens is 350 g/mol. The van der Waals surface area contributed by atoms with Gasteiger partial charge in [-0.3, -0.25) is 9.82 Å². The predicted octanol–water partition coefficient (Wildman–Crippen LogP) is 2.67. The summed E-state index contributed by atoms with van der Waals surface area (Å²) in [5.74, 6) is -0.707. The Labute approximate surface area is 145 Å². The Morgan fingerprint density at radius 1 is 1.38 bits per heavy atom. The highest BCUT2D eigenvalue weighted by Gasteiger charge is 2.30. The molecule has 0 spiro atoms. The van der Waals surface area contributed by atoms with Gasteiger partial charge < -0.3 is 4.74 Å². The molecule has 2 N–H and O–H groups in total. The highest BCUT2D eigenvalue weighted by Crippen LogP contribution is 2.24. The van der Waals surface area contributed by atoms with Crippen LogP contribution in [0.4, 0.5) is 5.69 Å². The second-order valence-electron chi connectivity index (χ2n) is 4.79. The number of H-pyrrole nitrogens is 1. The molecule has 2 aromatic rings. The number of ether oxygens (including phenoxy) is 1. The number of anilines is 1. The first kappa shape index (κ1) is 18.3. The van der Waals surface area contributed by atoms with Crippen molar-refractivity contribution < 1.29 is 17.9 Å². The molecule has 0 saturated heterocycles. The second-order valence-corrected chi connectivity index (χ2v) is 7.27. The number of thioether (sulfide) groups is 1. The summed E-state index contributed by atoms with van der Waals surface area (Å²) in [4.78, 5) is 13.0. The molecule has 1 aromatic carbocycles. The number of carbonyl (C=O) groups excluding carboxylic acids is 1. The molecular formula is C15H19N3O4S2. The summed E-state index contributed by atoms with van der Waals surface area (Å²) in [5.41, 5.74) is 0.775. The van der Waals surface area contributed by atoms with Crippen molar-refractivity contribution in [3.63, 3.8) is 0 Å². The monoisotopic (exact) mass is 369 g/mol. The average Bonchev–Trinajstić information content (AvgIpc) is 3.00. The zero-order chi connectivity index (χ0) is 17.7. The van der Waals surface area contributed by atoms with Crippen molar-refractivity contribution in [2.75, 3.05) is 17.6 Å². The van der Waals surface area contributed by atoms with Gasteiger partial charge in [0.05, 0.1) is 12.3 Å². The van der Waals surface area contributed by atoms with E-state index in [9.17, 15) is 13.2 Å². The first-order valence-electron chi connectivity index (χ1n) is 7.34. The maximum Gasteiger partial charge on any atom is 0.343 e. The summed E-state index contributed by atoms with van der Waals surface area (Å²) in [5, 5.41) is 6.07. The van der Waals surface area contributed by atoms with Gasteiger partial charge in [0.1, 0.15) is 5.56 Å². The zero-order valence-corrected chi connectivity index (χ0v) is 15.3. The standard InChI is InChI=1S/C15H19N3O4S2/c1-4-12-13(15(19)22-5-2)14(17-16-12)24(20,21)18-10-7-6-8-11(9-10)23-3/h6-9,18H,4-5H2,1-3H3,(H,16,17). The van der Waals surface area contributed by atoms with E-state index in [2.05, 4.69) is 14.9 Å². The molecule has 0 saturated carbocycles. The van der Waals surface area contributed by atoms with Gasteiger partial charge >= 0.3 is 5.97 Å². The van der Waals surface area contributed by atoms with Crippen LogP contribution >= 0.6 is 11.8 Å². The van der Waals surface area contributed by atoms with Gasteiger partial charge in [-0.15, -0.1) is 11.8 Å². The number of sulfonamides is 1. The highest BCUT2D eigenvalue weighted by molar-refractivity contribution is 7.98. The Kier molecular flexibility index (Phi) is 5.89. The number of nitrogens with one attached hydrogen (secondary N) is 2. The molecule has 24 heavy (non-hydrogen) atoms. The van der Waals surface area contributed by atoms with E-state index in [4.69, 9.17) is 4.74 Å². The minimum Gasteiger partial charge on any atom is -0.462 e. The molecule has 0 amide bonds. The molecule has 1 heterocycles. The fourth-order valence-electron chi connectivity index (χ4n) is 2.11. The summed E-state index contributed by atoms with van der Waals surface area (Å²) < 4.78 is 32.7. The van der Waals surface area contributed by atoms with Crippen LogP contribution in [0.15, 0.2) is 34.2 Å². The van der Waals surface area contributed by atoms with Crippen molar-refractivity contribution in [3.05, 3.63) is 35.5 Å². The van der Waals surface area contributed by atoms with Crippen LogP contribution in [-0.2, 0) is 21.2 Å². The second kappa shape index (κ2) is 7.71. The largest absolute Gasteiger partial charge is 0.462 e. The van der Waals surface area contributed by atoms with Crippen LogP contribution in [0.1, 0.15) is 29.9 Å². The summed E-state index contributed by atoms with van der Waals surface area (Å²) in [6, 6.07) is 6.96. The van der Waals surface area contributed by atoms with Gasteiger partial charge in [0.15, 0.2) is 0 Å². The fourth-order valence-corrected chi connectivity index (χ4v) is 3.75. The van der Waals surface area contributed by atoms with Crippen LogP contribution in [0.3, 0.4) is 0 Å². The first-order chi connectivity index (χ1) is 11.4. The summed E-state index contributed by atoms with van der Waals surface area (Å²) >= 11 is 1.50. The van der Waals surface area contributed by atoms with E-state index in [1.807, 2.05) is 12.3 Å². The third-order valence-corrected chi connectivity index (χ3v) is 5.25. The molecule has 0 atom stereocenters. The minimum absolute atomic E-state index is 0.0483. The van der Waals surface area contributed by atoms with Crippen molar-refractivity contribution in [1.29, 1.82) is 0 Å². The number of nitrogens with zero attached hydrogens (tertiary/aromatic N) is 1. The van der Waals surface area contributed by atoms with Crippen molar-refractivity contribution in [2.24, 2.45) is 0 Å². The third kappa shape index (κ3) is 3.90. The number of aromatic nitrogens is 2. The molecule has 0 radical (unpaired) electrons. The third-order valence-electron chi connectivity index (χ3n) is 3.22. The van der Waals surface area contributed by atoms with E-state index in [0.717, 1.165) is 4.90 Å². The van der Waals surface area contributed by atoms with Crippen molar-refractivity contribution in [1.82, 2.24) is 10.2 Å². The predicted molar refractivity (Wildman–Crippen MR) is 93.0 cm³/mol. The molecule has 2 rings (SSSR count). The molecule has 0 fully saturated rings. The Balaban J connectivity index is 2.42. The molecule has 9 heteroatoms. The molecule has 0 aliphatic rings. The van der Waals surface area contributed by atoms with Crippen LogP contribution in [-0.4, -0.2) is 37.4 Å². The molecule has 0 aliphatic heterocycles. The number of aromatic amines is 1. The molecule has 130 valence electrons. The van der Waals surface area contributed by atoms with Crippen molar-refractivity contribution >= 4 is 33.4 Å². The van der Waals surface area contributed by atoms with Gasteiger partial charge in [-0.1, -0.05) is 13.0 Å². The van der Waals surface area contributed by atoms with Gasteiger partial charge in [-0.05, 0) is 37.8 Å². The maximum absolute atomic E-state index is 12.7. The Morgan fingerprint density at radius 2 is 2.12 bits per heavy atom. The number of aryl methyl sites for hydroxylation is 1. The van der Waals surface area contributed by atoms with Crippen LogP contribution in [0.2, 0.25) is 0 Å². The summed E-state index contributed by atoms with van der Waals surface area (Å²) in [6.07, 6.45) is 2.33. The number of esters is 1. The van der Waals surface area contributed by atoms with Gasteiger partial charge in [-0.2, -0.15) is 13.5 Å². The van der Waals surface area contributed by atoms with E-state index in [1.54, 1.807) is 32.0 Å². The van der Waals surface area contributed by atoms with Crippen LogP contribution in [0, 0.1) is 0 Å². The summed E-state index contributed by atoms with van der Waals surface area (Å²) in [7, 11) is -4.02. The van der Waals surface area contributed by atoms with E-state index in [1.165, 1.54) is 11.8 Å². The summed E-state index contributed by atoms with van der Waals surface area (Å²) in [6.45, 7) is 3.60. The molecule has 0 aliphatic carbocycles. The molecule has 7 nitrogen and oxygen atoms in total. The average molecular weight is 369 g/mol. The number of rotatable bonds is 7. The smallest absolute Gasteiger partial charge is 0.343 e. The van der Waals surface area contributed by atoms with E-state index in [-0.39, 0.29) is 17.2 Å². The van der Waals surface area contributed by atoms with Gasteiger partial charge in [0.2, 0.25) is 5.03 Å². The van der Waals surface area contributed by atoms with E-state index in [0.29, 0.717) is 17.8 Å². The molecule has 1 aromatic heterocycles. The lowest BCUT2D eigenvalue weighted by Gasteiger charge is -2.09. The highest BCUT2D eigenvalue weighted by atomic mass is 32.2. The van der Waals surface area contributed by atoms with Gasteiger partial charge in [-0.25, -0.2) is 4.79 Å². The quantitative estimate of drug-likeness (QED) is 0.575. The Morgan fingerprint density at radius 3 is 2.75 bits per heavy atom. The number of benzene rings is 1. The van der Waals surface area contributed by atoms with Crippen molar-refractivity contribution in [3.8, 4) is 0 Å². The normalized spacial score (nSPS) is 11.3. The van der Waals surface area contributed by atoms with Crippen molar-refractivity contribution in [2.45, 2.75) is 30.2 Å². The van der Waals surface area contributed by atoms with Crippen LogP contribution < -0.4 is 4.72 Å². The molecule has 0 bridgehead atoms. The van der Waals surface area contributed by atoms with Crippen LogP contribution in [0.25, 0.3) is 0 Å². The minimum atomic E-state index is -4.02. The SMILES string of the molecule is CCOC(=O)c1c(S(=O)(=O)Nc2cccc(SC)c2)n[nH]c1CC. The Hall–Kier alpha value is -2.00. The van der Waals surface area contributed by atoms with E-state index < -0.39 is 16.0 Å². The topological polar surface area (TPSA) is 101 Å². The number of carbonyl (C=O) groups is 1. The lowest BCUT2D eigenvalue weighted by atomic mass is 10.2. The van der Waals surface area contributed by atoms with E-state index >= 15 is 0 Å². The first-order valence-corrected chi connectivity index (χ1v) is 10.0. The molecule has 0 unspecified atom stereocenters. The lowest BCUT2D eigenvalue weighted by molar-refractivity contribution is 0.0520. The zero-order valence-electron chi connectivity index (χ0n) is 13.6. The van der Waals surface area contributed by atoms with Gasteiger partial charge in [0, 0.05) is 10.6 Å². The lowest BCUT2D eigenvalue weighted by Crippen LogP contribution is -2.18. The maximum atomic E-state index is 12.7. The number of hydrogen-bond acceptors (Lipinski definition) is 6. The van der Waals surface area contributed by atoms with Crippen LogP contribution in [0.5, 0.6) is 0 Å². The Bertz CT molecular complexity index is 831. The number of hydrogen-bond donors (Lipinski definition) is 2. The fraction of sp³-hybridized carbons (Fsp3) is 0.333. The van der Waals surface area contributed by atoms with Gasteiger partial charge in [0.25, 0.3) is 10.0 Å².